The van der Waals surface area contributed by atoms with Crippen LogP contribution < -0.4 is 10.6 Å². The van der Waals surface area contributed by atoms with Crippen molar-refractivity contribution in [2.75, 3.05) is 69.2 Å². The van der Waals surface area contributed by atoms with Gasteiger partial charge in [0.05, 0.1) is 81.5 Å². The molecule has 17 heteroatoms. The quantitative estimate of drug-likeness (QED) is 0.103. The maximum atomic E-state index is 11.8. The fourth-order valence-corrected chi connectivity index (χ4v) is 3.19. The van der Waals surface area contributed by atoms with Crippen LogP contribution in [-0.4, -0.2) is 111 Å². The van der Waals surface area contributed by atoms with E-state index < -0.39 is 6.67 Å². The lowest BCUT2D eigenvalue weighted by Crippen LogP contribution is -2.27. The van der Waals surface area contributed by atoms with Gasteiger partial charge in [-0.25, -0.2) is 13.8 Å². The van der Waals surface area contributed by atoms with Crippen LogP contribution in [0.5, 0.6) is 0 Å². The Balaban J connectivity index is 0.000000762. The molecule has 2 rings (SSSR count). The zero-order valence-corrected chi connectivity index (χ0v) is 26.5. The highest BCUT2D eigenvalue weighted by atomic mass is 127. The molecular formula is C24H43BrFIN8O6. The van der Waals surface area contributed by atoms with Gasteiger partial charge in [0.2, 0.25) is 11.8 Å². The van der Waals surface area contributed by atoms with Crippen LogP contribution in [0.2, 0.25) is 0 Å². The van der Waals surface area contributed by atoms with E-state index in [2.05, 4.69) is 54.1 Å². The molecule has 14 nitrogen and oxygen atoms in total. The Hall–Kier alpha value is -1.80. The summed E-state index contributed by atoms with van der Waals surface area (Å²) in [6.45, 7) is 7.29. The molecular weight excluding hydrogens is 721 g/mol. The van der Waals surface area contributed by atoms with E-state index in [0.29, 0.717) is 75.9 Å². The van der Waals surface area contributed by atoms with Gasteiger partial charge >= 0.3 is 0 Å². The molecule has 0 bridgehead atoms. The molecule has 0 radical (unpaired) electrons. The van der Waals surface area contributed by atoms with Crippen LogP contribution in [0, 0.1) is 0 Å². The molecule has 2 N–H and O–H groups in total. The number of hydrogen-bond donors (Lipinski definition) is 2. The second-order valence-electron chi connectivity index (χ2n) is 7.93. The average Bonchev–Trinajstić information content (AvgIpc) is 3.62. The summed E-state index contributed by atoms with van der Waals surface area (Å²) >= 11 is 5.07. The number of nitrogens with zero attached hydrogens (tertiary/aromatic N) is 6. The van der Waals surface area contributed by atoms with Crippen molar-refractivity contribution in [3.05, 3.63) is 23.8 Å². The highest BCUT2D eigenvalue weighted by Gasteiger charge is 2.03. The Morgan fingerprint density at radius 1 is 0.854 bits per heavy atom. The van der Waals surface area contributed by atoms with E-state index in [1.807, 2.05) is 28.8 Å². The SMILES string of the molecule is C.CCCOCCn1cc(COCCNC(=O)CI)nn1.O=C(CBr)NCCOCc1cn(CCOCC[18F])nn1. The molecule has 2 heterocycles. The van der Waals surface area contributed by atoms with E-state index in [9.17, 15) is 14.0 Å². The predicted molar refractivity (Wildman–Crippen MR) is 163 cm³/mol. The summed E-state index contributed by atoms with van der Waals surface area (Å²) in [5.41, 5.74) is 1.48. The third-order valence-electron chi connectivity index (χ3n) is 4.55. The number of rotatable bonds is 22. The first kappa shape index (κ1) is 39.2. The van der Waals surface area contributed by atoms with Crippen LogP contribution in [0.3, 0.4) is 0 Å². The first-order valence-corrected chi connectivity index (χ1v) is 15.5. The molecule has 2 aromatic heterocycles. The van der Waals surface area contributed by atoms with Gasteiger partial charge in [-0.05, 0) is 6.42 Å². The number of carbonyl (C=O) groups is 2. The van der Waals surface area contributed by atoms with E-state index in [4.69, 9.17) is 18.9 Å². The van der Waals surface area contributed by atoms with Crippen LogP contribution in [0.25, 0.3) is 0 Å². The fourth-order valence-electron chi connectivity index (χ4n) is 2.72. The Morgan fingerprint density at radius 3 is 1.83 bits per heavy atom. The first-order chi connectivity index (χ1) is 19.5. The summed E-state index contributed by atoms with van der Waals surface area (Å²) in [6.07, 6.45) is 4.61. The number of halogens is 3. The minimum absolute atomic E-state index is 0. The van der Waals surface area contributed by atoms with Gasteiger partial charge in [-0.15, -0.1) is 10.2 Å². The van der Waals surface area contributed by atoms with Crippen LogP contribution in [0.15, 0.2) is 12.4 Å². The molecule has 0 aliphatic heterocycles. The van der Waals surface area contributed by atoms with Crippen molar-refractivity contribution >= 4 is 50.3 Å². The zero-order chi connectivity index (χ0) is 29.3. The summed E-state index contributed by atoms with van der Waals surface area (Å²) in [4.78, 5) is 21.9. The topological polar surface area (TPSA) is 157 Å². The molecule has 0 atom stereocenters. The Bertz CT molecular complexity index is 854. The normalized spacial score (nSPS) is 10.4. The van der Waals surface area contributed by atoms with Crippen molar-refractivity contribution in [3.8, 4) is 0 Å². The Morgan fingerprint density at radius 2 is 1.37 bits per heavy atom. The van der Waals surface area contributed by atoms with Gasteiger partial charge in [0, 0.05) is 19.7 Å². The van der Waals surface area contributed by atoms with Crippen LogP contribution in [0.4, 0.5) is 4.39 Å². The third kappa shape index (κ3) is 21.5. The number of carbonyl (C=O) groups excluding carboxylic acids is 2. The molecule has 41 heavy (non-hydrogen) atoms. The van der Waals surface area contributed by atoms with Gasteiger partial charge in [0.25, 0.3) is 0 Å². The van der Waals surface area contributed by atoms with Crippen molar-refractivity contribution in [2.24, 2.45) is 0 Å². The standard InChI is InChI=1S/C12H21IN4O3.C11H18BrFN4O3.CH4/c1-2-5-19-7-4-17-9-11(15-16-17)10-20-6-3-14-12(18)8-13;12-7-11(18)14-2-5-20-9-10-8-17(16-15-10)3-6-19-4-1-13;/h9H,2-8,10H2,1H3,(H,14,18);8H,1-7,9H2,(H,14,18);1H4/i;13-1;. The molecule has 0 aromatic carbocycles. The summed E-state index contributed by atoms with van der Waals surface area (Å²) < 4.78 is 36.7. The van der Waals surface area contributed by atoms with Gasteiger partial charge in [0.15, 0.2) is 0 Å². The molecule has 0 spiro atoms. The van der Waals surface area contributed by atoms with Gasteiger partial charge in [0.1, 0.15) is 18.1 Å². The largest absolute Gasteiger partial charge is 0.380 e. The van der Waals surface area contributed by atoms with Gasteiger partial charge in [-0.1, -0.05) is 63.3 Å². The number of ether oxygens (including phenoxy) is 4. The second-order valence-corrected chi connectivity index (χ2v) is 9.26. The summed E-state index contributed by atoms with van der Waals surface area (Å²) in [5, 5.41) is 21.5. The minimum atomic E-state index is -0.484. The number of nitrogens with one attached hydrogen (secondary N) is 2. The summed E-state index contributed by atoms with van der Waals surface area (Å²) in [6, 6.07) is 0. The first-order valence-electron chi connectivity index (χ1n) is 12.8. The maximum Gasteiger partial charge on any atom is 0.230 e. The molecule has 2 aromatic rings. The second kappa shape index (κ2) is 27.1. The van der Waals surface area contributed by atoms with Crippen molar-refractivity contribution < 1.29 is 32.9 Å². The van der Waals surface area contributed by atoms with Crippen LogP contribution in [0.1, 0.15) is 32.2 Å². The van der Waals surface area contributed by atoms with E-state index in [1.165, 1.54) is 0 Å². The van der Waals surface area contributed by atoms with Crippen molar-refractivity contribution in [1.29, 1.82) is 0 Å². The molecule has 0 unspecified atom stereocenters. The maximum absolute atomic E-state index is 11.8. The van der Waals surface area contributed by atoms with Gasteiger partial charge in [-0.3, -0.25) is 9.59 Å². The van der Waals surface area contributed by atoms with Gasteiger partial charge in [-0.2, -0.15) is 0 Å². The molecule has 0 saturated carbocycles. The number of alkyl halides is 3. The van der Waals surface area contributed by atoms with Crippen molar-refractivity contribution in [1.82, 2.24) is 40.6 Å². The number of aromatic nitrogens is 6. The lowest BCUT2D eigenvalue weighted by molar-refractivity contribution is -0.119. The molecule has 0 aliphatic carbocycles. The van der Waals surface area contributed by atoms with Gasteiger partial charge < -0.3 is 29.6 Å². The Labute approximate surface area is 263 Å². The van der Waals surface area contributed by atoms with Crippen LogP contribution in [-0.2, 0) is 54.8 Å². The molecule has 2 amide bonds. The summed E-state index contributed by atoms with van der Waals surface area (Å²) in [5.74, 6) is -0.0555. The monoisotopic (exact) mass is 763 g/mol. The summed E-state index contributed by atoms with van der Waals surface area (Å²) in [7, 11) is 0. The lowest BCUT2D eigenvalue weighted by Gasteiger charge is -2.03. The van der Waals surface area contributed by atoms with E-state index >= 15 is 0 Å². The van der Waals surface area contributed by atoms with E-state index in [-0.39, 0.29) is 31.2 Å². The smallest absolute Gasteiger partial charge is 0.230 e. The Kier molecular flexibility index (Phi) is 25.9. The highest BCUT2D eigenvalue weighted by Crippen LogP contribution is 1.97. The molecule has 0 fully saturated rings. The molecule has 0 aliphatic rings. The lowest BCUT2D eigenvalue weighted by atomic mass is 10.5. The fraction of sp³-hybridized carbons (Fsp3) is 0.750. The van der Waals surface area contributed by atoms with E-state index in [0.717, 1.165) is 18.7 Å². The number of amides is 2. The molecule has 236 valence electrons. The predicted octanol–water partition coefficient (Wildman–Crippen LogP) is 1.70. The minimum Gasteiger partial charge on any atom is -0.380 e. The zero-order valence-electron chi connectivity index (χ0n) is 22.7. The van der Waals surface area contributed by atoms with Crippen molar-refractivity contribution in [3.63, 3.8) is 0 Å². The average molecular weight is 764 g/mol. The highest BCUT2D eigenvalue weighted by molar-refractivity contribution is 14.1. The van der Waals surface area contributed by atoms with Crippen molar-refractivity contribution in [2.45, 2.75) is 47.1 Å². The van der Waals surface area contributed by atoms with Crippen LogP contribution >= 0.6 is 38.5 Å². The number of hydrogen-bond acceptors (Lipinski definition) is 10. The third-order valence-corrected chi connectivity index (χ3v) is 5.75. The molecule has 0 saturated heterocycles. The van der Waals surface area contributed by atoms with E-state index in [1.54, 1.807) is 15.6 Å².